The van der Waals surface area contributed by atoms with E-state index in [1.807, 2.05) is 7.05 Å². The van der Waals surface area contributed by atoms with Gasteiger partial charge in [0.15, 0.2) is 11.0 Å². The van der Waals surface area contributed by atoms with Gasteiger partial charge in [0.1, 0.15) is 5.82 Å². The second-order valence-electron chi connectivity index (χ2n) is 6.83. The number of hydrogen-bond donors (Lipinski definition) is 1. The van der Waals surface area contributed by atoms with Crippen LogP contribution in [0.15, 0.2) is 58.6 Å². The van der Waals surface area contributed by atoms with Crippen LogP contribution < -0.4 is 5.32 Å². The molecule has 0 bridgehead atoms. The highest BCUT2D eigenvalue weighted by molar-refractivity contribution is 7.99. The molecule has 8 nitrogen and oxygen atoms in total. The lowest BCUT2D eigenvalue weighted by atomic mass is 10.2. The van der Waals surface area contributed by atoms with E-state index < -0.39 is 10.0 Å². The van der Waals surface area contributed by atoms with Gasteiger partial charge in [-0.25, -0.2) is 17.1 Å². The predicted octanol–water partition coefficient (Wildman–Crippen LogP) is 2.99. The topological polar surface area (TPSA) is 97.2 Å². The molecule has 0 radical (unpaired) electrons. The SMILES string of the molecule is CN(C)S(=O)(=O)c1ccc(NC(=O)CCSc2nnc(-c3ccc(F)cc3)n2C)cc1. The average Bonchev–Trinajstić information content (AvgIpc) is 3.09. The van der Waals surface area contributed by atoms with Crippen LogP contribution in [0.5, 0.6) is 0 Å². The number of rotatable bonds is 8. The molecule has 0 aliphatic heterocycles. The Morgan fingerprint density at radius 1 is 1.10 bits per heavy atom. The molecule has 2 aromatic carbocycles. The minimum absolute atomic E-state index is 0.158. The van der Waals surface area contributed by atoms with Crippen molar-refractivity contribution in [3.8, 4) is 11.4 Å². The lowest BCUT2D eigenvalue weighted by Gasteiger charge is -2.12. The van der Waals surface area contributed by atoms with E-state index in [1.165, 1.54) is 50.1 Å². The number of thioether (sulfide) groups is 1. The number of hydrogen-bond acceptors (Lipinski definition) is 6. The van der Waals surface area contributed by atoms with Crippen molar-refractivity contribution in [2.24, 2.45) is 7.05 Å². The van der Waals surface area contributed by atoms with Crippen molar-refractivity contribution < 1.29 is 17.6 Å². The fraction of sp³-hybridized carbons (Fsp3) is 0.250. The number of nitrogens with one attached hydrogen (secondary N) is 1. The van der Waals surface area contributed by atoms with Gasteiger partial charge in [0.2, 0.25) is 15.9 Å². The lowest BCUT2D eigenvalue weighted by molar-refractivity contribution is -0.115. The summed E-state index contributed by atoms with van der Waals surface area (Å²) >= 11 is 1.38. The van der Waals surface area contributed by atoms with Crippen molar-refractivity contribution in [3.63, 3.8) is 0 Å². The predicted molar refractivity (Wildman–Crippen MR) is 118 cm³/mol. The average molecular weight is 464 g/mol. The molecule has 3 aromatic rings. The maximum atomic E-state index is 13.1. The molecular weight excluding hydrogens is 441 g/mol. The van der Waals surface area contributed by atoms with E-state index in [0.29, 0.717) is 22.4 Å². The molecule has 0 fully saturated rings. The molecule has 31 heavy (non-hydrogen) atoms. The lowest BCUT2D eigenvalue weighted by Crippen LogP contribution is -2.22. The molecule has 0 unspecified atom stereocenters. The first-order valence-electron chi connectivity index (χ1n) is 9.29. The van der Waals surface area contributed by atoms with E-state index >= 15 is 0 Å². The van der Waals surface area contributed by atoms with E-state index in [1.54, 1.807) is 28.8 Å². The minimum Gasteiger partial charge on any atom is -0.326 e. The number of halogens is 1. The Balaban J connectivity index is 1.53. The zero-order valence-corrected chi connectivity index (χ0v) is 18.9. The van der Waals surface area contributed by atoms with Gasteiger partial charge < -0.3 is 9.88 Å². The Morgan fingerprint density at radius 2 is 1.74 bits per heavy atom. The van der Waals surface area contributed by atoms with E-state index in [2.05, 4.69) is 15.5 Å². The Hall–Kier alpha value is -2.76. The molecule has 1 N–H and O–H groups in total. The number of amides is 1. The van der Waals surface area contributed by atoms with Crippen LogP contribution in [0.2, 0.25) is 0 Å². The monoisotopic (exact) mass is 463 g/mol. The van der Waals surface area contributed by atoms with Gasteiger partial charge in [-0.15, -0.1) is 10.2 Å². The summed E-state index contributed by atoms with van der Waals surface area (Å²) in [6.07, 6.45) is 0.237. The molecule has 3 rings (SSSR count). The Labute approximate surface area is 184 Å². The van der Waals surface area contributed by atoms with Crippen LogP contribution in [0.3, 0.4) is 0 Å². The molecule has 0 saturated carbocycles. The number of benzene rings is 2. The smallest absolute Gasteiger partial charge is 0.242 e. The zero-order valence-electron chi connectivity index (χ0n) is 17.2. The van der Waals surface area contributed by atoms with Gasteiger partial charge >= 0.3 is 0 Å². The fourth-order valence-corrected chi connectivity index (χ4v) is 4.42. The van der Waals surface area contributed by atoms with Crippen LogP contribution in [0, 0.1) is 5.82 Å². The summed E-state index contributed by atoms with van der Waals surface area (Å²) in [4.78, 5) is 12.4. The first-order valence-corrected chi connectivity index (χ1v) is 11.7. The highest BCUT2D eigenvalue weighted by Gasteiger charge is 2.17. The van der Waals surface area contributed by atoms with E-state index in [4.69, 9.17) is 0 Å². The number of aromatic nitrogens is 3. The Morgan fingerprint density at radius 3 is 2.35 bits per heavy atom. The fourth-order valence-electron chi connectivity index (χ4n) is 2.67. The summed E-state index contributed by atoms with van der Waals surface area (Å²) in [5.74, 6) is 0.575. The molecule has 0 aliphatic carbocycles. The number of carbonyl (C=O) groups is 1. The van der Waals surface area contributed by atoms with E-state index in [0.717, 1.165) is 9.87 Å². The largest absolute Gasteiger partial charge is 0.326 e. The summed E-state index contributed by atoms with van der Waals surface area (Å²) in [5.41, 5.74) is 1.27. The zero-order chi connectivity index (χ0) is 22.6. The number of sulfonamides is 1. The van der Waals surface area contributed by atoms with Gasteiger partial charge in [-0.3, -0.25) is 4.79 Å². The van der Waals surface area contributed by atoms with Crippen LogP contribution in [-0.2, 0) is 21.9 Å². The Kier molecular flexibility index (Phi) is 7.08. The van der Waals surface area contributed by atoms with Crippen LogP contribution in [-0.4, -0.2) is 53.2 Å². The van der Waals surface area contributed by atoms with E-state index in [-0.39, 0.29) is 23.0 Å². The van der Waals surface area contributed by atoms with Gasteiger partial charge in [0.25, 0.3) is 0 Å². The second kappa shape index (κ2) is 9.58. The third-order valence-electron chi connectivity index (χ3n) is 4.41. The van der Waals surface area contributed by atoms with Crippen molar-refractivity contribution in [2.45, 2.75) is 16.5 Å². The molecule has 0 spiro atoms. The normalized spacial score (nSPS) is 11.6. The molecule has 11 heteroatoms. The van der Waals surface area contributed by atoms with E-state index in [9.17, 15) is 17.6 Å². The first kappa shape index (κ1) is 22.9. The summed E-state index contributed by atoms with van der Waals surface area (Å²) in [7, 11) is 1.22. The van der Waals surface area contributed by atoms with Gasteiger partial charge in [-0.05, 0) is 48.5 Å². The molecular formula is C20H22FN5O3S2. The Bertz CT molecular complexity index is 1160. The van der Waals surface area contributed by atoms with Crippen LogP contribution >= 0.6 is 11.8 Å². The standard InChI is InChI=1S/C20H22FN5O3S2/c1-25(2)31(28,29)17-10-8-16(9-11-17)22-18(27)12-13-30-20-24-23-19(26(20)3)14-4-6-15(21)7-5-14/h4-11H,12-13H2,1-3H3,(H,22,27). The number of nitrogens with zero attached hydrogens (tertiary/aromatic N) is 4. The highest BCUT2D eigenvalue weighted by Crippen LogP contribution is 2.23. The van der Waals surface area contributed by atoms with Gasteiger partial charge in [0.05, 0.1) is 4.90 Å². The molecule has 1 aromatic heterocycles. The van der Waals surface area contributed by atoms with Gasteiger partial charge in [-0.1, -0.05) is 11.8 Å². The van der Waals surface area contributed by atoms with Crippen molar-refractivity contribution in [3.05, 3.63) is 54.3 Å². The summed E-state index contributed by atoms with van der Waals surface area (Å²) in [6, 6.07) is 12.0. The molecule has 1 heterocycles. The highest BCUT2D eigenvalue weighted by atomic mass is 32.2. The quantitative estimate of drug-likeness (QED) is 0.516. The third-order valence-corrected chi connectivity index (χ3v) is 7.27. The molecule has 164 valence electrons. The molecule has 0 aliphatic rings. The summed E-state index contributed by atoms with van der Waals surface area (Å²) < 4.78 is 40.2. The number of anilines is 1. The molecule has 0 atom stereocenters. The summed E-state index contributed by atoms with van der Waals surface area (Å²) in [5, 5.41) is 11.7. The first-order chi connectivity index (χ1) is 14.7. The van der Waals surface area contributed by atoms with Crippen molar-refractivity contribution in [2.75, 3.05) is 25.2 Å². The van der Waals surface area contributed by atoms with Gasteiger partial charge in [0, 0.05) is 44.6 Å². The summed E-state index contributed by atoms with van der Waals surface area (Å²) in [6.45, 7) is 0. The maximum Gasteiger partial charge on any atom is 0.242 e. The van der Waals surface area contributed by atoms with Crippen LogP contribution in [0.25, 0.3) is 11.4 Å². The van der Waals surface area contributed by atoms with Gasteiger partial charge in [-0.2, -0.15) is 0 Å². The third kappa shape index (κ3) is 5.49. The van der Waals surface area contributed by atoms with Crippen LogP contribution in [0.4, 0.5) is 10.1 Å². The van der Waals surface area contributed by atoms with Crippen molar-refractivity contribution >= 4 is 33.4 Å². The van der Waals surface area contributed by atoms with Crippen molar-refractivity contribution in [1.82, 2.24) is 19.1 Å². The maximum absolute atomic E-state index is 13.1. The number of carbonyl (C=O) groups excluding carboxylic acids is 1. The molecule has 0 saturated heterocycles. The van der Waals surface area contributed by atoms with Crippen LogP contribution in [0.1, 0.15) is 6.42 Å². The van der Waals surface area contributed by atoms with Crippen molar-refractivity contribution in [1.29, 1.82) is 0 Å². The molecule has 1 amide bonds. The minimum atomic E-state index is -3.51. The second-order valence-corrected chi connectivity index (χ2v) is 10.0.